The van der Waals surface area contributed by atoms with E-state index in [1.807, 2.05) is 49.3 Å². The molecular formula is C18H25N5O. The molecule has 128 valence electrons. The number of benzene rings is 1. The van der Waals surface area contributed by atoms with Gasteiger partial charge in [0.25, 0.3) is 5.91 Å². The number of rotatable bonds is 6. The SMILES string of the molecule is CN(C)CCN(C(=O)c1cn(-c2ccccc2)nn1)C1CCCC1. The molecule has 0 N–H and O–H groups in total. The third-order valence-corrected chi connectivity index (χ3v) is 4.55. The molecule has 6 nitrogen and oxygen atoms in total. The van der Waals surface area contributed by atoms with E-state index in [4.69, 9.17) is 0 Å². The molecule has 1 aromatic carbocycles. The van der Waals surface area contributed by atoms with E-state index in [1.165, 1.54) is 12.8 Å². The van der Waals surface area contributed by atoms with Crippen molar-refractivity contribution in [3.8, 4) is 5.69 Å². The molecule has 2 aromatic rings. The molecule has 24 heavy (non-hydrogen) atoms. The predicted octanol–water partition coefficient (Wildman–Crippen LogP) is 2.21. The lowest BCUT2D eigenvalue weighted by Gasteiger charge is -2.29. The number of carbonyl (C=O) groups excluding carboxylic acids is 1. The van der Waals surface area contributed by atoms with Crippen LogP contribution in [-0.2, 0) is 0 Å². The summed E-state index contributed by atoms with van der Waals surface area (Å²) in [5.74, 6) is -0.00840. The van der Waals surface area contributed by atoms with E-state index in [2.05, 4.69) is 15.2 Å². The average Bonchev–Trinajstić information content (AvgIpc) is 3.27. The summed E-state index contributed by atoms with van der Waals surface area (Å²) in [7, 11) is 4.06. The van der Waals surface area contributed by atoms with Crippen LogP contribution in [0, 0.1) is 0 Å². The number of carbonyl (C=O) groups is 1. The van der Waals surface area contributed by atoms with Gasteiger partial charge < -0.3 is 9.80 Å². The highest BCUT2D eigenvalue weighted by molar-refractivity contribution is 5.92. The van der Waals surface area contributed by atoms with Gasteiger partial charge in [0.2, 0.25) is 0 Å². The Morgan fingerprint density at radius 3 is 2.54 bits per heavy atom. The molecular weight excluding hydrogens is 302 g/mol. The Morgan fingerprint density at radius 2 is 1.88 bits per heavy atom. The molecule has 0 radical (unpaired) electrons. The topological polar surface area (TPSA) is 54.3 Å². The van der Waals surface area contributed by atoms with Crippen LogP contribution >= 0.6 is 0 Å². The predicted molar refractivity (Wildman–Crippen MR) is 93.2 cm³/mol. The maximum atomic E-state index is 13.0. The van der Waals surface area contributed by atoms with Crippen LogP contribution in [0.1, 0.15) is 36.2 Å². The summed E-state index contributed by atoms with van der Waals surface area (Å²) < 4.78 is 1.66. The summed E-state index contributed by atoms with van der Waals surface area (Å²) in [6.45, 7) is 1.59. The minimum atomic E-state index is -0.00840. The number of hydrogen-bond acceptors (Lipinski definition) is 4. The number of hydrogen-bond donors (Lipinski definition) is 0. The molecule has 0 saturated heterocycles. The zero-order valence-corrected chi connectivity index (χ0v) is 14.4. The molecule has 1 heterocycles. The third-order valence-electron chi connectivity index (χ3n) is 4.55. The van der Waals surface area contributed by atoms with Crippen LogP contribution in [0.25, 0.3) is 5.69 Å². The van der Waals surface area contributed by atoms with Crippen molar-refractivity contribution in [1.29, 1.82) is 0 Å². The molecule has 0 atom stereocenters. The van der Waals surface area contributed by atoms with Gasteiger partial charge in [-0.05, 0) is 39.1 Å². The number of amides is 1. The van der Waals surface area contributed by atoms with Crippen molar-refractivity contribution in [2.75, 3.05) is 27.2 Å². The summed E-state index contributed by atoms with van der Waals surface area (Å²) in [4.78, 5) is 17.1. The highest BCUT2D eigenvalue weighted by Gasteiger charge is 2.28. The van der Waals surface area contributed by atoms with E-state index in [1.54, 1.807) is 10.9 Å². The molecule has 1 saturated carbocycles. The largest absolute Gasteiger partial charge is 0.333 e. The minimum absolute atomic E-state index is 0.00840. The number of likely N-dealkylation sites (N-methyl/N-ethyl adjacent to an activating group) is 1. The second kappa shape index (κ2) is 7.57. The molecule has 0 unspecified atom stereocenters. The molecule has 1 aliphatic carbocycles. The van der Waals surface area contributed by atoms with Crippen molar-refractivity contribution in [1.82, 2.24) is 24.8 Å². The van der Waals surface area contributed by atoms with E-state index in [-0.39, 0.29) is 5.91 Å². The van der Waals surface area contributed by atoms with Crippen LogP contribution in [0.2, 0.25) is 0 Å². The van der Waals surface area contributed by atoms with Crippen molar-refractivity contribution >= 4 is 5.91 Å². The van der Waals surface area contributed by atoms with E-state index < -0.39 is 0 Å². The standard InChI is InChI=1S/C18H25N5O/c1-21(2)12-13-22(15-8-6-7-9-15)18(24)17-14-23(20-19-17)16-10-4-3-5-11-16/h3-5,10-11,14-15H,6-9,12-13H2,1-2H3. The summed E-state index contributed by atoms with van der Waals surface area (Å²) in [6, 6.07) is 10.1. The molecule has 1 fully saturated rings. The van der Waals surface area contributed by atoms with Crippen molar-refractivity contribution in [2.24, 2.45) is 0 Å². The molecule has 6 heteroatoms. The van der Waals surface area contributed by atoms with Crippen LogP contribution < -0.4 is 0 Å². The maximum Gasteiger partial charge on any atom is 0.276 e. The zero-order valence-electron chi connectivity index (χ0n) is 14.4. The molecule has 1 amide bonds. The van der Waals surface area contributed by atoms with Gasteiger partial charge in [0.15, 0.2) is 5.69 Å². The number of nitrogens with zero attached hydrogens (tertiary/aromatic N) is 5. The second-order valence-corrected chi connectivity index (χ2v) is 6.62. The van der Waals surface area contributed by atoms with Crippen LogP contribution in [0.4, 0.5) is 0 Å². The van der Waals surface area contributed by atoms with Crippen molar-refractivity contribution in [3.63, 3.8) is 0 Å². The van der Waals surface area contributed by atoms with E-state index in [9.17, 15) is 4.79 Å². The molecule has 0 spiro atoms. The van der Waals surface area contributed by atoms with E-state index in [0.717, 1.165) is 31.6 Å². The second-order valence-electron chi connectivity index (χ2n) is 6.62. The highest BCUT2D eigenvalue weighted by Crippen LogP contribution is 2.24. The molecule has 0 bridgehead atoms. The fourth-order valence-corrected chi connectivity index (χ4v) is 3.19. The smallest absolute Gasteiger partial charge is 0.276 e. The highest BCUT2D eigenvalue weighted by atomic mass is 16.2. The quantitative estimate of drug-likeness (QED) is 0.816. The van der Waals surface area contributed by atoms with Crippen LogP contribution in [-0.4, -0.2) is 63.9 Å². The maximum absolute atomic E-state index is 13.0. The van der Waals surface area contributed by atoms with Gasteiger partial charge in [-0.15, -0.1) is 5.10 Å². The Balaban J connectivity index is 1.78. The Morgan fingerprint density at radius 1 is 1.17 bits per heavy atom. The number of para-hydroxylation sites is 1. The molecule has 1 aromatic heterocycles. The first-order valence-corrected chi connectivity index (χ1v) is 8.58. The third kappa shape index (κ3) is 3.82. The van der Waals surface area contributed by atoms with Gasteiger partial charge in [-0.1, -0.05) is 36.3 Å². The summed E-state index contributed by atoms with van der Waals surface area (Å²) in [6.07, 6.45) is 6.31. The minimum Gasteiger partial charge on any atom is -0.333 e. The van der Waals surface area contributed by atoms with Gasteiger partial charge in [0.05, 0.1) is 11.9 Å². The van der Waals surface area contributed by atoms with Crippen molar-refractivity contribution in [3.05, 3.63) is 42.2 Å². The van der Waals surface area contributed by atoms with E-state index in [0.29, 0.717) is 11.7 Å². The average molecular weight is 327 g/mol. The monoisotopic (exact) mass is 327 g/mol. The van der Waals surface area contributed by atoms with Crippen molar-refractivity contribution < 1.29 is 4.79 Å². The van der Waals surface area contributed by atoms with E-state index >= 15 is 0 Å². The van der Waals surface area contributed by atoms with Crippen molar-refractivity contribution in [2.45, 2.75) is 31.7 Å². The molecule has 1 aliphatic rings. The Bertz CT molecular complexity index is 661. The van der Waals surface area contributed by atoms with Crippen LogP contribution in [0.3, 0.4) is 0 Å². The van der Waals surface area contributed by atoms with Gasteiger partial charge >= 0.3 is 0 Å². The molecule has 0 aliphatic heterocycles. The first kappa shape index (κ1) is 16.6. The van der Waals surface area contributed by atoms with Gasteiger partial charge in [-0.3, -0.25) is 4.79 Å². The Hall–Kier alpha value is -2.21. The van der Waals surface area contributed by atoms with Gasteiger partial charge in [0, 0.05) is 19.1 Å². The first-order chi connectivity index (χ1) is 11.6. The Kier molecular flexibility index (Phi) is 5.25. The summed E-state index contributed by atoms with van der Waals surface area (Å²) in [5.41, 5.74) is 1.33. The van der Waals surface area contributed by atoms with Gasteiger partial charge in [-0.25, -0.2) is 4.68 Å². The summed E-state index contributed by atoms with van der Waals surface area (Å²) >= 11 is 0. The first-order valence-electron chi connectivity index (χ1n) is 8.58. The lowest BCUT2D eigenvalue weighted by molar-refractivity contribution is 0.0661. The lowest BCUT2D eigenvalue weighted by Crippen LogP contribution is -2.42. The fourth-order valence-electron chi connectivity index (χ4n) is 3.19. The molecule has 3 rings (SSSR count). The normalized spacial score (nSPS) is 15.1. The lowest BCUT2D eigenvalue weighted by atomic mass is 10.2. The fraction of sp³-hybridized carbons (Fsp3) is 0.500. The summed E-state index contributed by atoms with van der Waals surface area (Å²) in [5, 5.41) is 8.24. The van der Waals surface area contributed by atoms with Crippen LogP contribution in [0.15, 0.2) is 36.5 Å². The van der Waals surface area contributed by atoms with Crippen LogP contribution in [0.5, 0.6) is 0 Å². The number of aromatic nitrogens is 3. The van der Waals surface area contributed by atoms with Gasteiger partial charge in [0.1, 0.15) is 0 Å². The van der Waals surface area contributed by atoms with Gasteiger partial charge in [-0.2, -0.15) is 0 Å². The zero-order chi connectivity index (χ0) is 16.9. The Labute approximate surface area is 143 Å².